The van der Waals surface area contributed by atoms with Gasteiger partial charge in [-0.25, -0.2) is 0 Å². The van der Waals surface area contributed by atoms with Gasteiger partial charge in [-0.2, -0.15) is 0 Å². The van der Waals surface area contributed by atoms with Crippen LogP contribution in [-0.2, 0) is 4.74 Å². The van der Waals surface area contributed by atoms with Crippen molar-refractivity contribution in [1.29, 1.82) is 0 Å². The van der Waals surface area contributed by atoms with Crippen molar-refractivity contribution in [3.05, 3.63) is 47.5 Å². The molecule has 1 aliphatic heterocycles. The Morgan fingerprint density at radius 2 is 1.95 bits per heavy atom. The fraction of sp³-hybridized carbons (Fsp3) is 0.579. The van der Waals surface area contributed by atoms with E-state index >= 15 is 0 Å². The van der Waals surface area contributed by atoms with Crippen molar-refractivity contribution in [2.45, 2.75) is 45.9 Å². The molecule has 0 aromatic heterocycles. The highest BCUT2D eigenvalue weighted by Crippen LogP contribution is 2.37. The monoisotopic (exact) mass is 285 g/mol. The maximum absolute atomic E-state index is 5.96. The summed E-state index contributed by atoms with van der Waals surface area (Å²) in [6.07, 6.45) is 5.01. The summed E-state index contributed by atoms with van der Waals surface area (Å²) in [6, 6.07) is 11.0. The first-order valence-corrected chi connectivity index (χ1v) is 8.23. The average molecular weight is 285 g/mol. The highest BCUT2D eigenvalue weighted by molar-refractivity contribution is 5.18. The van der Waals surface area contributed by atoms with E-state index < -0.39 is 0 Å². The second-order valence-corrected chi connectivity index (χ2v) is 6.94. The van der Waals surface area contributed by atoms with E-state index in [-0.39, 0.29) is 6.23 Å². The van der Waals surface area contributed by atoms with E-state index in [2.05, 4.69) is 62.5 Å². The zero-order valence-electron chi connectivity index (χ0n) is 13.4. The van der Waals surface area contributed by atoms with Gasteiger partial charge in [0.25, 0.3) is 0 Å². The molecule has 1 fully saturated rings. The largest absolute Gasteiger partial charge is 0.357 e. The van der Waals surface area contributed by atoms with Gasteiger partial charge in [0.1, 0.15) is 6.23 Å². The van der Waals surface area contributed by atoms with E-state index in [0.29, 0.717) is 12.0 Å². The Morgan fingerprint density at radius 1 is 1.19 bits per heavy atom. The summed E-state index contributed by atoms with van der Waals surface area (Å²) >= 11 is 0. The Hall–Kier alpha value is -1.12. The first-order valence-electron chi connectivity index (χ1n) is 8.23. The minimum absolute atomic E-state index is 0.0719. The van der Waals surface area contributed by atoms with Crippen LogP contribution >= 0.6 is 0 Å². The van der Waals surface area contributed by atoms with Crippen molar-refractivity contribution in [2.75, 3.05) is 6.61 Å². The van der Waals surface area contributed by atoms with Crippen molar-refractivity contribution in [2.24, 2.45) is 17.8 Å². The molecule has 1 aromatic rings. The fourth-order valence-corrected chi connectivity index (χ4v) is 4.07. The van der Waals surface area contributed by atoms with Gasteiger partial charge < -0.3 is 4.74 Å². The van der Waals surface area contributed by atoms with Crippen LogP contribution < -0.4 is 5.32 Å². The maximum atomic E-state index is 5.96. The second kappa shape index (κ2) is 6.33. The van der Waals surface area contributed by atoms with Crippen molar-refractivity contribution < 1.29 is 4.74 Å². The third kappa shape index (κ3) is 3.38. The minimum Gasteiger partial charge on any atom is -0.357 e. The van der Waals surface area contributed by atoms with Crippen LogP contribution in [0.15, 0.2) is 42.0 Å². The molecule has 1 saturated heterocycles. The van der Waals surface area contributed by atoms with Crippen LogP contribution in [-0.4, -0.2) is 12.6 Å². The molecule has 1 heterocycles. The lowest BCUT2D eigenvalue weighted by molar-refractivity contribution is 0.0997. The van der Waals surface area contributed by atoms with Gasteiger partial charge in [-0.05, 0) is 43.1 Å². The molecule has 5 atom stereocenters. The Balaban J connectivity index is 1.60. The van der Waals surface area contributed by atoms with Crippen molar-refractivity contribution in [1.82, 2.24) is 5.32 Å². The molecule has 5 unspecified atom stereocenters. The predicted molar refractivity (Wildman–Crippen MR) is 86.9 cm³/mol. The van der Waals surface area contributed by atoms with E-state index in [0.717, 1.165) is 18.4 Å². The summed E-state index contributed by atoms with van der Waals surface area (Å²) in [7, 11) is 0. The quantitative estimate of drug-likeness (QED) is 0.836. The molecule has 3 rings (SSSR count). The van der Waals surface area contributed by atoms with E-state index in [1.807, 2.05) is 0 Å². The molecule has 1 aliphatic carbocycles. The molecule has 0 spiro atoms. The van der Waals surface area contributed by atoms with E-state index in [1.165, 1.54) is 18.4 Å². The van der Waals surface area contributed by atoms with Gasteiger partial charge in [0.05, 0.1) is 6.61 Å². The number of hydrogen-bond donors (Lipinski definition) is 1. The molecule has 2 aliphatic rings. The normalized spacial score (nSPS) is 36.5. The van der Waals surface area contributed by atoms with Crippen LogP contribution in [0, 0.1) is 17.8 Å². The molecule has 2 nitrogen and oxygen atoms in total. The Morgan fingerprint density at radius 3 is 2.67 bits per heavy atom. The van der Waals surface area contributed by atoms with Gasteiger partial charge in [0, 0.05) is 6.04 Å². The zero-order valence-corrected chi connectivity index (χ0v) is 13.4. The lowest BCUT2D eigenvalue weighted by Crippen LogP contribution is -2.33. The van der Waals surface area contributed by atoms with Gasteiger partial charge in [-0.15, -0.1) is 0 Å². The Kier molecular flexibility index (Phi) is 4.46. The molecule has 0 amide bonds. The fourth-order valence-electron chi connectivity index (χ4n) is 4.07. The van der Waals surface area contributed by atoms with Crippen LogP contribution in [0.5, 0.6) is 0 Å². The number of rotatable bonds is 3. The average Bonchev–Trinajstić information content (AvgIpc) is 2.92. The topological polar surface area (TPSA) is 21.3 Å². The first-order chi connectivity index (χ1) is 10.1. The zero-order chi connectivity index (χ0) is 14.8. The maximum Gasteiger partial charge on any atom is 0.134 e. The standard InChI is InChI=1S/C19H27NO/c1-13-9-14(2)18(15(3)10-13)11-17-12-21-19(20-17)16-7-5-4-6-8-16/h4-9,14-15,17-20H,10-12H2,1-3H3. The molecule has 114 valence electrons. The number of allylic oxidation sites excluding steroid dienone is 2. The second-order valence-electron chi connectivity index (χ2n) is 6.94. The molecule has 21 heavy (non-hydrogen) atoms. The van der Waals surface area contributed by atoms with Gasteiger partial charge in [-0.3, -0.25) is 5.32 Å². The van der Waals surface area contributed by atoms with Gasteiger partial charge in [0.2, 0.25) is 0 Å². The molecule has 1 aromatic carbocycles. The third-order valence-corrected chi connectivity index (χ3v) is 5.11. The highest BCUT2D eigenvalue weighted by Gasteiger charge is 2.33. The minimum atomic E-state index is 0.0719. The van der Waals surface area contributed by atoms with Crippen LogP contribution in [0.2, 0.25) is 0 Å². The molecule has 0 radical (unpaired) electrons. The van der Waals surface area contributed by atoms with E-state index in [9.17, 15) is 0 Å². The molecular formula is C19H27NO. The molecule has 0 saturated carbocycles. The molecule has 2 heteroatoms. The van der Waals surface area contributed by atoms with Crippen LogP contribution in [0.3, 0.4) is 0 Å². The summed E-state index contributed by atoms with van der Waals surface area (Å²) in [5.41, 5.74) is 2.80. The SMILES string of the molecule is CC1=CC(C)C(CC2COC(c3ccccc3)N2)C(C)C1. The predicted octanol–water partition coefficient (Wildman–Crippen LogP) is 4.30. The summed E-state index contributed by atoms with van der Waals surface area (Å²) < 4.78 is 5.96. The number of ether oxygens (including phenoxy) is 1. The number of nitrogens with one attached hydrogen (secondary N) is 1. The van der Waals surface area contributed by atoms with Gasteiger partial charge in [-0.1, -0.05) is 55.8 Å². The lowest BCUT2D eigenvalue weighted by Gasteiger charge is -2.34. The smallest absolute Gasteiger partial charge is 0.134 e. The summed E-state index contributed by atoms with van der Waals surface area (Å²) in [6.45, 7) is 7.88. The van der Waals surface area contributed by atoms with Crippen LogP contribution in [0.4, 0.5) is 0 Å². The Bertz CT molecular complexity index is 496. The number of hydrogen-bond acceptors (Lipinski definition) is 2. The van der Waals surface area contributed by atoms with E-state index in [4.69, 9.17) is 4.74 Å². The molecular weight excluding hydrogens is 258 g/mol. The van der Waals surface area contributed by atoms with Gasteiger partial charge in [0.15, 0.2) is 0 Å². The summed E-state index contributed by atoms with van der Waals surface area (Å²) in [5.74, 6) is 2.23. The number of benzene rings is 1. The van der Waals surface area contributed by atoms with Crippen molar-refractivity contribution in [3.8, 4) is 0 Å². The van der Waals surface area contributed by atoms with Crippen LogP contribution in [0.1, 0.15) is 45.4 Å². The Labute approximate surface area is 128 Å². The van der Waals surface area contributed by atoms with Gasteiger partial charge >= 0.3 is 0 Å². The molecule has 0 bridgehead atoms. The van der Waals surface area contributed by atoms with Crippen molar-refractivity contribution >= 4 is 0 Å². The van der Waals surface area contributed by atoms with E-state index in [1.54, 1.807) is 5.57 Å². The van der Waals surface area contributed by atoms with Crippen molar-refractivity contribution in [3.63, 3.8) is 0 Å². The first kappa shape index (κ1) is 14.8. The summed E-state index contributed by atoms with van der Waals surface area (Å²) in [5, 5.41) is 3.66. The highest BCUT2D eigenvalue weighted by atomic mass is 16.5. The lowest BCUT2D eigenvalue weighted by atomic mass is 9.72. The molecule has 1 N–H and O–H groups in total. The third-order valence-electron chi connectivity index (χ3n) is 5.11. The summed E-state index contributed by atoms with van der Waals surface area (Å²) in [4.78, 5) is 0. The van der Waals surface area contributed by atoms with Crippen LogP contribution in [0.25, 0.3) is 0 Å².